The Morgan fingerprint density at radius 1 is 0.571 bits per heavy atom. The van der Waals surface area contributed by atoms with Gasteiger partial charge in [-0.25, -0.2) is 0 Å². The molecule has 0 amide bonds. The van der Waals surface area contributed by atoms with Crippen molar-refractivity contribution >= 4 is 47.8 Å². The summed E-state index contributed by atoms with van der Waals surface area (Å²) >= 11 is 9.88. The van der Waals surface area contributed by atoms with Crippen molar-refractivity contribution in [3.63, 3.8) is 0 Å². The van der Waals surface area contributed by atoms with Crippen LogP contribution in [0.5, 0.6) is 17.2 Å². The molecule has 56 heavy (non-hydrogen) atoms. The number of aliphatic hydroxyl groups excluding tert-OH is 4. The molecule has 24 heteroatoms. The summed E-state index contributed by atoms with van der Waals surface area (Å²) < 4.78 is 2.60. The second-order valence-corrected chi connectivity index (χ2v) is 10.5. The first-order chi connectivity index (χ1) is 25.2. The number of aliphatic hydroxyl groups is 4. The Hall–Kier alpha value is -3.24. The Balaban J connectivity index is -0.000000108. The second-order valence-electron chi connectivity index (χ2n) is 7.76. The van der Waals surface area contributed by atoms with Crippen LogP contribution in [0.15, 0.2) is 105 Å². The molecule has 0 fully saturated rings. The maximum Gasteiger partial charge on any atom is 3.00 e. The van der Waals surface area contributed by atoms with E-state index in [9.17, 15) is 15.3 Å². The molecule has 0 aliphatic rings. The first kappa shape index (κ1) is 67.5. The minimum absolute atomic E-state index is 0. The van der Waals surface area contributed by atoms with E-state index in [2.05, 4.69) is 78.4 Å². The van der Waals surface area contributed by atoms with Crippen molar-refractivity contribution in [2.45, 2.75) is 0 Å². The van der Waals surface area contributed by atoms with Gasteiger partial charge in [-0.1, -0.05) is 89.9 Å². The maximum atomic E-state index is 11.4. The summed E-state index contributed by atoms with van der Waals surface area (Å²) in [6.45, 7) is 0. The molecule has 18 nitrogen and oxygen atoms in total. The van der Waals surface area contributed by atoms with Crippen LogP contribution in [0, 0.1) is 0 Å². The Kier molecular flexibility index (Phi) is 53.6. The van der Waals surface area contributed by atoms with E-state index in [0.717, 1.165) is 49.0 Å². The fourth-order valence-electron chi connectivity index (χ4n) is 3.24. The van der Waals surface area contributed by atoms with Gasteiger partial charge in [0.1, 0.15) is 0 Å². The number of aromatic nitrogens is 6. The number of halogens is 3. The van der Waals surface area contributed by atoms with Crippen LogP contribution < -0.4 is 35.7 Å². The zero-order chi connectivity index (χ0) is 40.5. The van der Waals surface area contributed by atoms with E-state index in [1.54, 1.807) is 73.2 Å². The van der Waals surface area contributed by atoms with Crippen LogP contribution in [0.3, 0.4) is 0 Å². The second kappa shape index (κ2) is 44.5. The van der Waals surface area contributed by atoms with Gasteiger partial charge in [-0.3, -0.25) is 4.91 Å². The van der Waals surface area contributed by atoms with Crippen molar-refractivity contribution in [1.82, 2.24) is 30.6 Å². The quantitative estimate of drug-likeness (QED) is 0.0857. The van der Waals surface area contributed by atoms with Gasteiger partial charge in [-0.05, 0) is 53.1 Å². The van der Waals surface area contributed by atoms with Crippen LogP contribution in [0.2, 0.25) is 0 Å². The molecule has 0 atom stereocenters. The SMILES string of the molecule is CO.CO.CO.CO.C[O-].[Mn+3].[Mn+3].[Mn].[N-]=[N+]=[N-].[O-2].[O-]c1ccc(Br)cc1-c1cc[n-]n1.[O-]c1ccc(Br)cc1-c1ccn[n-]1.[O-]c1ccc(Br)cc1-c1ccn[n-]1. The third-order valence-electron chi connectivity index (χ3n) is 5.05. The number of benzene rings is 3. The Morgan fingerprint density at radius 2 is 0.875 bits per heavy atom. The van der Waals surface area contributed by atoms with Crippen molar-refractivity contribution in [2.24, 2.45) is 0 Å². The van der Waals surface area contributed by atoms with E-state index in [1.807, 2.05) is 0 Å². The molecule has 0 aliphatic heterocycles. The van der Waals surface area contributed by atoms with E-state index in [-0.39, 0.29) is 73.9 Å². The van der Waals surface area contributed by atoms with Crippen molar-refractivity contribution < 1.29 is 97.5 Å². The van der Waals surface area contributed by atoms with Gasteiger partial charge in [-0.2, -0.15) is 13.3 Å². The summed E-state index contributed by atoms with van der Waals surface area (Å²) in [7, 11) is 4.75. The molecule has 3 heterocycles. The average Bonchev–Trinajstić information content (AvgIpc) is 4.02. The van der Waals surface area contributed by atoms with Crippen LogP contribution >= 0.6 is 47.8 Å². The van der Waals surface area contributed by atoms with Crippen LogP contribution in [0.1, 0.15) is 0 Å². The van der Waals surface area contributed by atoms with Gasteiger partial charge >= 0.3 is 34.1 Å². The van der Waals surface area contributed by atoms with Gasteiger partial charge in [0, 0.05) is 77.0 Å². The molecule has 0 bridgehead atoms. The van der Waals surface area contributed by atoms with Crippen LogP contribution in [-0.2, 0) is 56.7 Å². The summed E-state index contributed by atoms with van der Waals surface area (Å²) in [4.78, 5) is 1.50. The number of rotatable bonds is 3. The van der Waals surface area contributed by atoms with Crippen LogP contribution in [0.25, 0.3) is 49.7 Å². The van der Waals surface area contributed by atoms with E-state index in [0.29, 0.717) is 33.8 Å². The third kappa shape index (κ3) is 26.6. The molecule has 0 aliphatic carbocycles. The molecule has 0 unspecified atom stereocenters. The number of nitrogens with zero attached hydrogens (tertiary/aromatic N) is 9. The van der Waals surface area contributed by atoms with Crippen molar-refractivity contribution in [2.75, 3.05) is 35.5 Å². The predicted octanol–water partition coefficient (Wildman–Crippen LogP) is 2.78. The largest absolute Gasteiger partial charge is 3.00 e. The van der Waals surface area contributed by atoms with Gasteiger partial charge in [-0.15, -0.1) is 22.9 Å². The van der Waals surface area contributed by atoms with Gasteiger partial charge in [0.25, 0.3) is 0 Å². The molecular weight excluding hydrogens is 1060 g/mol. The normalized spacial score (nSPS) is 7.80. The number of hydrogen-bond acceptors (Lipinski definition) is 11. The summed E-state index contributed by atoms with van der Waals surface area (Å²) in [5.74, 6) is -0.115. The van der Waals surface area contributed by atoms with Crippen molar-refractivity contribution in [3.8, 4) is 51.0 Å². The van der Waals surface area contributed by atoms with Crippen molar-refractivity contribution in [3.05, 3.63) is 121 Å². The topological polar surface area (TPSA) is 341 Å². The fraction of sp³-hybridized carbons (Fsp3) is 0.156. The van der Waals surface area contributed by atoms with E-state index in [1.165, 1.54) is 23.1 Å². The molecule has 1 radical (unpaired) electrons. The molecule has 0 saturated carbocycles. The molecular formula is C32H34Br3Mn3N9O9-4. The molecule has 0 saturated heterocycles. The van der Waals surface area contributed by atoms with Gasteiger partial charge < -0.3 is 88.0 Å². The molecule has 4 N–H and O–H groups in total. The van der Waals surface area contributed by atoms with Crippen molar-refractivity contribution in [1.29, 1.82) is 0 Å². The zero-order valence-electron chi connectivity index (χ0n) is 29.8. The maximum absolute atomic E-state index is 11.4. The smallest absolute Gasteiger partial charge is 2.00 e. The first-order valence-electron chi connectivity index (χ1n) is 13.7. The van der Waals surface area contributed by atoms with E-state index < -0.39 is 0 Å². The Bertz CT molecular complexity index is 1570. The van der Waals surface area contributed by atoms with Crippen LogP contribution in [-0.4, -0.2) is 71.3 Å². The standard InChI is InChI=1S/3C9H6BrN2O.4CH4O.CH3O.3Mn.N3.O/c3*10-6-1-2-9(13)7(5-6)8-3-4-11-12-8;5*1-2;;;;1-3-2;/h3*1-5H,(H-,11,12,13);4*2H,1H3;1H3;;;;;/q3*-1;;;;;-1;;2*+3;-1;-2/p-3. The van der Waals surface area contributed by atoms with Crippen LogP contribution in [0.4, 0.5) is 0 Å². The summed E-state index contributed by atoms with van der Waals surface area (Å²) in [5.41, 5.74) is 17.1. The third-order valence-corrected chi connectivity index (χ3v) is 6.53. The predicted molar refractivity (Wildman–Crippen MR) is 200 cm³/mol. The molecule has 307 valence electrons. The van der Waals surface area contributed by atoms with Gasteiger partial charge in [0.15, 0.2) is 0 Å². The minimum atomic E-state index is -0.0382. The number of hydrogen-bond donors (Lipinski definition) is 4. The minimum Gasteiger partial charge on any atom is -2.00 e. The molecule has 3 aromatic carbocycles. The Morgan fingerprint density at radius 3 is 1.14 bits per heavy atom. The summed E-state index contributed by atoms with van der Waals surface area (Å²) in [6, 6.07) is 20.0. The van der Waals surface area contributed by atoms with Gasteiger partial charge in [0.2, 0.25) is 0 Å². The summed E-state index contributed by atoms with van der Waals surface area (Å²) in [6.07, 6.45) is 4.70. The average molecular weight is 1090 g/mol. The van der Waals surface area contributed by atoms with E-state index >= 15 is 0 Å². The monoisotopic (exact) mass is 1090 g/mol. The molecule has 6 rings (SSSR count). The van der Waals surface area contributed by atoms with E-state index in [4.69, 9.17) is 36.6 Å². The molecule has 3 aromatic heterocycles. The molecule has 0 spiro atoms. The zero-order valence-corrected chi connectivity index (χ0v) is 38.1. The van der Waals surface area contributed by atoms with Gasteiger partial charge in [0.05, 0.1) is 0 Å². The fourth-order valence-corrected chi connectivity index (χ4v) is 4.32. The first-order valence-corrected chi connectivity index (χ1v) is 16.0. The Labute approximate surface area is 380 Å². The summed E-state index contributed by atoms with van der Waals surface area (Å²) in [5, 5.41) is 92.8. The molecule has 6 aromatic rings.